The fraction of sp³-hybridized carbons (Fsp3) is 1.00. The normalized spacial score (nSPS) is 10.6. The van der Waals surface area contributed by atoms with Crippen LogP contribution in [0.25, 0.3) is 0 Å². The van der Waals surface area contributed by atoms with E-state index in [0.29, 0.717) is 39.6 Å². The van der Waals surface area contributed by atoms with E-state index < -0.39 is 24.8 Å². The number of rotatable bonds is 24. The molecule has 0 aliphatic carbocycles. The second-order valence-corrected chi connectivity index (χ2v) is 11.2. The molecular weight excluding hydrogens is 584 g/mol. The Kier molecular flexibility index (Phi) is 50.4. The van der Waals surface area contributed by atoms with Crippen molar-refractivity contribution in [2.45, 2.75) is 119 Å². The van der Waals surface area contributed by atoms with Crippen LogP contribution in [0.2, 0.25) is 0 Å². The quantitative estimate of drug-likeness (QED) is 0.0754. The molecule has 37 heavy (non-hydrogen) atoms. The van der Waals surface area contributed by atoms with Crippen molar-refractivity contribution < 1.29 is 57.6 Å². The standard InChI is InChI=1S/3C8H19O3P.Co/c3*1-3-5-7-10-12(9)11-8-6-4-2;/h3*12H,3-8H2,1-2H3;. The number of hydrogen-bond acceptors (Lipinski definition) is 9. The first-order valence-corrected chi connectivity index (χ1v) is 17.5. The third kappa shape index (κ3) is 47.1. The molecule has 0 spiro atoms. The molecule has 13 heteroatoms. The van der Waals surface area contributed by atoms with Crippen LogP contribution < -0.4 is 0 Å². The first-order chi connectivity index (χ1) is 17.4. The van der Waals surface area contributed by atoms with Crippen molar-refractivity contribution in [2.75, 3.05) is 39.6 Å². The Hall–Kier alpha value is 0.956. The summed E-state index contributed by atoms with van der Waals surface area (Å²) in [5.74, 6) is 0. The Balaban J connectivity index is -0.000000218. The number of unbranched alkanes of at least 4 members (excludes halogenated alkanes) is 6. The molecule has 0 aromatic carbocycles. The van der Waals surface area contributed by atoms with E-state index in [1.807, 2.05) is 0 Å². The maximum Gasteiger partial charge on any atom is 0.319 e. The van der Waals surface area contributed by atoms with E-state index in [2.05, 4.69) is 41.5 Å². The van der Waals surface area contributed by atoms with Gasteiger partial charge in [0.1, 0.15) is 0 Å². The van der Waals surface area contributed by atoms with Gasteiger partial charge >= 0.3 is 24.8 Å². The zero-order valence-electron chi connectivity index (χ0n) is 24.2. The van der Waals surface area contributed by atoms with Crippen molar-refractivity contribution in [3.05, 3.63) is 0 Å². The van der Waals surface area contributed by atoms with E-state index in [1.165, 1.54) is 0 Å². The molecule has 9 nitrogen and oxygen atoms in total. The van der Waals surface area contributed by atoms with Crippen LogP contribution in [0, 0.1) is 0 Å². The van der Waals surface area contributed by atoms with Crippen molar-refractivity contribution in [2.24, 2.45) is 0 Å². The molecule has 0 bridgehead atoms. The first-order valence-electron chi connectivity index (χ1n) is 13.8. The van der Waals surface area contributed by atoms with Gasteiger partial charge in [0.15, 0.2) is 0 Å². The van der Waals surface area contributed by atoms with Gasteiger partial charge in [0.25, 0.3) is 0 Å². The Labute approximate surface area is 240 Å². The second-order valence-electron chi connectivity index (χ2n) is 7.96. The summed E-state index contributed by atoms with van der Waals surface area (Å²) in [6.07, 6.45) is 12.1. The maximum atomic E-state index is 10.9. The molecule has 0 unspecified atom stereocenters. The molecule has 0 aromatic rings. The van der Waals surface area contributed by atoms with Gasteiger partial charge in [0.05, 0.1) is 39.6 Å². The van der Waals surface area contributed by atoms with Gasteiger partial charge in [-0.3, -0.25) is 13.7 Å². The zero-order valence-corrected chi connectivity index (χ0v) is 28.3. The van der Waals surface area contributed by atoms with Gasteiger partial charge in [0.2, 0.25) is 0 Å². The molecule has 0 rings (SSSR count). The van der Waals surface area contributed by atoms with Gasteiger partial charge in [-0.2, -0.15) is 0 Å². The molecule has 0 heterocycles. The molecular formula is C24H57CoO9P3. The van der Waals surface area contributed by atoms with Crippen molar-refractivity contribution in [3.63, 3.8) is 0 Å². The molecule has 0 saturated heterocycles. The van der Waals surface area contributed by atoms with E-state index in [0.717, 1.165) is 77.0 Å². The van der Waals surface area contributed by atoms with Crippen molar-refractivity contribution in [1.29, 1.82) is 0 Å². The van der Waals surface area contributed by atoms with Gasteiger partial charge < -0.3 is 27.1 Å². The minimum absolute atomic E-state index is 0. The Morgan fingerprint density at radius 2 is 0.486 bits per heavy atom. The van der Waals surface area contributed by atoms with Crippen LogP contribution in [0.15, 0.2) is 0 Å². The summed E-state index contributed by atoms with van der Waals surface area (Å²) in [6, 6.07) is 0. The molecule has 1 radical (unpaired) electrons. The van der Waals surface area contributed by atoms with Crippen LogP contribution in [0.5, 0.6) is 0 Å². The Bertz CT molecular complexity index is 388. The molecule has 0 aromatic heterocycles. The number of hydrogen-bond donors (Lipinski definition) is 0. The minimum atomic E-state index is -2.18. The van der Waals surface area contributed by atoms with Crippen molar-refractivity contribution >= 4 is 24.8 Å². The van der Waals surface area contributed by atoms with Crippen LogP contribution in [0.3, 0.4) is 0 Å². The van der Waals surface area contributed by atoms with E-state index in [4.69, 9.17) is 27.1 Å². The van der Waals surface area contributed by atoms with Crippen LogP contribution in [-0.2, 0) is 57.6 Å². The van der Waals surface area contributed by atoms with Crippen LogP contribution >= 0.6 is 24.8 Å². The summed E-state index contributed by atoms with van der Waals surface area (Å²) in [5, 5.41) is 0. The van der Waals surface area contributed by atoms with E-state index in [9.17, 15) is 13.7 Å². The fourth-order valence-corrected chi connectivity index (χ4v) is 4.04. The predicted molar refractivity (Wildman–Crippen MR) is 152 cm³/mol. The van der Waals surface area contributed by atoms with Crippen molar-refractivity contribution in [1.82, 2.24) is 0 Å². The van der Waals surface area contributed by atoms with Crippen LogP contribution in [0.1, 0.15) is 119 Å². The molecule has 0 saturated carbocycles. The van der Waals surface area contributed by atoms with E-state index in [-0.39, 0.29) is 16.8 Å². The largest absolute Gasteiger partial charge is 0.319 e. The van der Waals surface area contributed by atoms with E-state index >= 15 is 0 Å². The van der Waals surface area contributed by atoms with E-state index in [1.54, 1.807) is 0 Å². The first kappa shape index (κ1) is 45.0. The summed E-state index contributed by atoms with van der Waals surface area (Å²) < 4.78 is 62.5. The van der Waals surface area contributed by atoms with Crippen molar-refractivity contribution in [3.8, 4) is 0 Å². The predicted octanol–water partition coefficient (Wildman–Crippen LogP) is 9.03. The van der Waals surface area contributed by atoms with Gasteiger partial charge in [-0.1, -0.05) is 80.1 Å². The van der Waals surface area contributed by atoms with Crippen LogP contribution in [0.4, 0.5) is 0 Å². The summed E-state index contributed by atoms with van der Waals surface area (Å²) in [7, 11) is -6.55. The van der Waals surface area contributed by atoms with Crippen LogP contribution in [-0.4, -0.2) is 39.6 Å². The second kappa shape index (κ2) is 41.4. The zero-order chi connectivity index (χ0) is 27.7. The molecule has 0 atom stereocenters. The summed E-state index contributed by atoms with van der Waals surface area (Å²) in [4.78, 5) is 0. The van der Waals surface area contributed by atoms with Gasteiger partial charge in [-0.05, 0) is 38.5 Å². The summed E-state index contributed by atoms with van der Waals surface area (Å²) in [6.45, 7) is 15.7. The third-order valence-electron chi connectivity index (χ3n) is 4.31. The summed E-state index contributed by atoms with van der Waals surface area (Å²) in [5.41, 5.74) is 0. The molecule has 0 N–H and O–H groups in total. The monoisotopic (exact) mass is 641 g/mol. The molecule has 0 amide bonds. The maximum absolute atomic E-state index is 10.9. The molecule has 0 aliphatic rings. The van der Waals surface area contributed by atoms with Gasteiger partial charge in [0, 0.05) is 16.8 Å². The van der Waals surface area contributed by atoms with Gasteiger partial charge in [-0.15, -0.1) is 0 Å². The average molecular weight is 642 g/mol. The summed E-state index contributed by atoms with van der Waals surface area (Å²) >= 11 is 0. The smallest absolute Gasteiger partial charge is 0.311 e. The fourth-order valence-electron chi connectivity index (χ4n) is 1.92. The molecule has 0 aliphatic heterocycles. The minimum Gasteiger partial charge on any atom is -0.311 e. The average Bonchev–Trinajstić information content (AvgIpc) is 2.86. The Morgan fingerprint density at radius 1 is 0.351 bits per heavy atom. The topological polar surface area (TPSA) is 107 Å². The van der Waals surface area contributed by atoms with Gasteiger partial charge in [-0.25, -0.2) is 0 Å². The molecule has 0 fully saturated rings. The third-order valence-corrected chi connectivity index (χ3v) is 6.95. The Morgan fingerprint density at radius 3 is 0.595 bits per heavy atom. The molecule has 231 valence electrons. The SMILES string of the molecule is CCCCO[PH](=O)OCCCC.CCCCO[PH](=O)OCCCC.CCCCO[PH](=O)OCCCC.[Co].